The van der Waals surface area contributed by atoms with Crippen LogP contribution in [0.5, 0.6) is 0 Å². The molecule has 0 aromatic carbocycles. The average Bonchev–Trinajstić information content (AvgIpc) is 3.04. The van der Waals surface area contributed by atoms with Gasteiger partial charge in [0.2, 0.25) is 11.8 Å². The van der Waals surface area contributed by atoms with Gasteiger partial charge < -0.3 is 15.3 Å². The number of carboxylic acids is 1. The molecule has 1 saturated carbocycles. The minimum atomic E-state index is -0.787. The Hall–Kier alpha value is -1.59. The lowest BCUT2D eigenvalue weighted by molar-refractivity contribution is -0.141. The van der Waals surface area contributed by atoms with E-state index in [4.69, 9.17) is 5.11 Å². The quantitative estimate of drug-likeness (QED) is 0.825. The average molecular weight is 324 g/mol. The van der Waals surface area contributed by atoms with E-state index in [0.717, 1.165) is 6.42 Å². The fourth-order valence-corrected chi connectivity index (χ4v) is 3.53. The van der Waals surface area contributed by atoms with E-state index in [-0.39, 0.29) is 29.2 Å². The van der Waals surface area contributed by atoms with E-state index < -0.39 is 12.0 Å². The minimum Gasteiger partial charge on any atom is -0.481 e. The molecular weight excluding hydrogens is 296 g/mol. The summed E-state index contributed by atoms with van der Waals surface area (Å²) >= 11 is 0. The Bertz CT molecular complexity index is 483. The van der Waals surface area contributed by atoms with E-state index in [1.54, 1.807) is 4.90 Å². The number of carbonyl (C=O) groups is 3. The van der Waals surface area contributed by atoms with Gasteiger partial charge in [0.05, 0.1) is 5.92 Å². The van der Waals surface area contributed by atoms with Gasteiger partial charge in [-0.25, -0.2) is 0 Å². The number of amides is 2. The molecular formula is C17H28N2O4. The molecule has 6 nitrogen and oxygen atoms in total. The number of nitrogens with one attached hydrogen (secondary N) is 1. The van der Waals surface area contributed by atoms with Crippen LogP contribution in [0.1, 0.15) is 59.3 Å². The largest absolute Gasteiger partial charge is 0.481 e. The van der Waals surface area contributed by atoms with E-state index in [0.29, 0.717) is 38.6 Å². The van der Waals surface area contributed by atoms with Crippen LogP contribution in [-0.4, -0.2) is 46.4 Å². The second kappa shape index (κ2) is 6.89. The highest BCUT2D eigenvalue weighted by Crippen LogP contribution is 2.28. The standard InChI is InChI=1S/C17H28N2O4/c1-17(2,3)10-14(20)19-8-4-5-13(19)15(21)18-12-7-6-11(9-12)16(22)23/h11-13H,4-10H2,1-3H3,(H,18,21)(H,22,23)/t11-,12-,13+/m0/s1. The fraction of sp³-hybridized carbons (Fsp3) is 0.824. The summed E-state index contributed by atoms with van der Waals surface area (Å²) in [4.78, 5) is 37.6. The lowest BCUT2D eigenvalue weighted by Crippen LogP contribution is -2.49. The van der Waals surface area contributed by atoms with Crippen molar-refractivity contribution in [2.24, 2.45) is 11.3 Å². The van der Waals surface area contributed by atoms with Crippen molar-refractivity contribution in [2.45, 2.75) is 71.4 Å². The maximum absolute atomic E-state index is 12.5. The number of hydrogen-bond acceptors (Lipinski definition) is 3. The molecule has 1 heterocycles. The summed E-state index contributed by atoms with van der Waals surface area (Å²) < 4.78 is 0. The molecule has 1 aliphatic carbocycles. The Morgan fingerprint density at radius 2 is 1.87 bits per heavy atom. The van der Waals surface area contributed by atoms with Gasteiger partial charge in [-0.1, -0.05) is 20.8 Å². The smallest absolute Gasteiger partial charge is 0.306 e. The van der Waals surface area contributed by atoms with Gasteiger partial charge in [0.25, 0.3) is 0 Å². The van der Waals surface area contributed by atoms with Gasteiger partial charge in [-0.15, -0.1) is 0 Å². The Morgan fingerprint density at radius 3 is 2.43 bits per heavy atom. The molecule has 2 fully saturated rings. The molecule has 0 unspecified atom stereocenters. The van der Waals surface area contributed by atoms with Crippen LogP contribution in [0, 0.1) is 11.3 Å². The third kappa shape index (κ3) is 4.69. The van der Waals surface area contributed by atoms with Crippen LogP contribution in [0.2, 0.25) is 0 Å². The molecule has 3 atom stereocenters. The number of nitrogens with zero attached hydrogens (tertiary/aromatic N) is 1. The summed E-state index contributed by atoms with van der Waals surface area (Å²) in [5.74, 6) is -1.24. The van der Waals surface area contributed by atoms with Gasteiger partial charge in [-0.2, -0.15) is 0 Å². The van der Waals surface area contributed by atoms with Gasteiger partial charge in [0.15, 0.2) is 0 Å². The first-order valence-electron chi connectivity index (χ1n) is 8.50. The van der Waals surface area contributed by atoms with Crippen molar-refractivity contribution < 1.29 is 19.5 Å². The topological polar surface area (TPSA) is 86.7 Å². The lowest BCUT2D eigenvalue weighted by Gasteiger charge is -2.28. The molecule has 2 rings (SSSR count). The molecule has 0 radical (unpaired) electrons. The lowest BCUT2D eigenvalue weighted by atomic mass is 9.91. The van der Waals surface area contributed by atoms with Crippen LogP contribution in [0.4, 0.5) is 0 Å². The summed E-state index contributed by atoms with van der Waals surface area (Å²) in [7, 11) is 0. The molecule has 0 aromatic rings. The van der Waals surface area contributed by atoms with E-state index in [9.17, 15) is 14.4 Å². The number of carbonyl (C=O) groups excluding carboxylic acids is 2. The summed E-state index contributed by atoms with van der Waals surface area (Å²) in [6.45, 7) is 6.68. The maximum atomic E-state index is 12.5. The first kappa shape index (κ1) is 17.8. The molecule has 23 heavy (non-hydrogen) atoms. The van der Waals surface area contributed by atoms with Gasteiger partial charge in [-0.05, 0) is 37.5 Å². The number of likely N-dealkylation sites (tertiary alicyclic amines) is 1. The summed E-state index contributed by atoms with van der Waals surface area (Å²) in [5, 5.41) is 12.0. The molecule has 1 aliphatic heterocycles. The molecule has 0 aromatic heterocycles. The van der Waals surface area contributed by atoms with Crippen LogP contribution in [0.15, 0.2) is 0 Å². The van der Waals surface area contributed by atoms with E-state index in [2.05, 4.69) is 5.32 Å². The van der Waals surface area contributed by atoms with Crippen LogP contribution < -0.4 is 5.32 Å². The minimum absolute atomic E-state index is 0.0324. The maximum Gasteiger partial charge on any atom is 0.306 e. The van der Waals surface area contributed by atoms with E-state index in [1.165, 1.54) is 0 Å². The third-order valence-electron chi connectivity index (χ3n) is 4.69. The number of carboxylic acid groups (broad SMARTS) is 1. The van der Waals surface area contributed by atoms with Crippen molar-refractivity contribution >= 4 is 17.8 Å². The highest BCUT2D eigenvalue weighted by molar-refractivity contribution is 5.88. The first-order chi connectivity index (χ1) is 10.7. The van der Waals surface area contributed by atoms with Crippen molar-refractivity contribution in [3.63, 3.8) is 0 Å². The Balaban J connectivity index is 1.91. The van der Waals surface area contributed by atoms with Crippen LogP contribution in [0.3, 0.4) is 0 Å². The molecule has 2 aliphatic rings. The Labute approximate surface area is 137 Å². The third-order valence-corrected chi connectivity index (χ3v) is 4.69. The first-order valence-corrected chi connectivity index (χ1v) is 8.50. The van der Waals surface area contributed by atoms with Crippen molar-refractivity contribution in [1.82, 2.24) is 10.2 Å². The Morgan fingerprint density at radius 1 is 1.17 bits per heavy atom. The van der Waals surface area contributed by atoms with E-state index in [1.807, 2.05) is 20.8 Å². The van der Waals surface area contributed by atoms with Gasteiger partial charge in [0, 0.05) is 19.0 Å². The van der Waals surface area contributed by atoms with Crippen molar-refractivity contribution in [3.8, 4) is 0 Å². The van der Waals surface area contributed by atoms with Crippen molar-refractivity contribution in [2.75, 3.05) is 6.54 Å². The van der Waals surface area contributed by atoms with Gasteiger partial charge >= 0.3 is 5.97 Å². The van der Waals surface area contributed by atoms with Crippen LogP contribution in [0.25, 0.3) is 0 Å². The molecule has 0 spiro atoms. The SMILES string of the molecule is CC(C)(C)CC(=O)N1CCC[C@@H]1C(=O)N[C@H]1CC[C@H](C(=O)O)C1. The van der Waals surface area contributed by atoms with Crippen LogP contribution >= 0.6 is 0 Å². The zero-order valence-corrected chi connectivity index (χ0v) is 14.3. The van der Waals surface area contributed by atoms with Crippen molar-refractivity contribution in [3.05, 3.63) is 0 Å². The second-order valence-corrected chi connectivity index (χ2v) is 8.04. The normalized spacial score (nSPS) is 28.0. The van der Waals surface area contributed by atoms with Crippen molar-refractivity contribution in [1.29, 1.82) is 0 Å². The Kier molecular flexibility index (Phi) is 5.32. The zero-order valence-electron chi connectivity index (χ0n) is 14.3. The van der Waals surface area contributed by atoms with Gasteiger partial charge in [-0.3, -0.25) is 14.4 Å². The fourth-order valence-electron chi connectivity index (χ4n) is 3.53. The summed E-state index contributed by atoms with van der Waals surface area (Å²) in [6, 6.07) is -0.475. The molecule has 2 amide bonds. The predicted molar refractivity (Wildman–Crippen MR) is 85.7 cm³/mol. The molecule has 6 heteroatoms. The number of hydrogen-bond donors (Lipinski definition) is 2. The second-order valence-electron chi connectivity index (χ2n) is 8.04. The molecule has 2 N–H and O–H groups in total. The highest BCUT2D eigenvalue weighted by atomic mass is 16.4. The van der Waals surface area contributed by atoms with E-state index >= 15 is 0 Å². The zero-order chi connectivity index (χ0) is 17.2. The predicted octanol–water partition coefficient (Wildman–Crippen LogP) is 1.78. The number of aliphatic carboxylic acids is 1. The number of rotatable bonds is 4. The summed E-state index contributed by atoms with van der Waals surface area (Å²) in [6.07, 6.45) is 3.77. The highest BCUT2D eigenvalue weighted by Gasteiger charge is 2.37. The van der Waals surface area contributed by atoms with Crippen LogP contribution in [-0.2, 0) is 14.4 Å². The van der Waals surface area contributed by atoms with Gasteiger partial charge in [0.1, 0.15) is 6.04 Å². The molecule has 130 valence electrons. The summed E-state index contributed by atoms with van der Waals surface area (Å²) in [5.41, 5.74) is -0.0964. The molecule has 1 saturated heterocycles. The molecule has 0 bridgehead atoms. The monoisotopic (exact) mass is 324 g/mol.